The lowest BCUT2D eigenvalue weighted by Crippen LogP contribution is -2.12. The van der Waals surface area contributed by atoms with Crippen molar-refractivity contribution in [3.63, 3.8) is 0 Å². The van der Waals surface area contributed by atoms with Gasteiger partial charge in [0.05, 0.1) is 6.61 Å². The van der Waals surface area contributed by atoms with E-state index in [1.54, 1.807) is 12.1 Å². The Labute approximate surface area is 119 Å². The van der Waals surface area contributed by atoms with E-state index >= 15 is 0 Å². The Morgan fingerprint density at radius 2 is 1.80 bits per heavy atom. The smallest absolute Gasteiger partial charge is 0.255 e. The minimum Gasteiger partial charge on any atom is -0.494 e. The average molecular weight is 269 g/mol. The normalized spacial score (nSPS) is 10.2. The van der Waals surface area contributed by atoms with Crippen LogP contribution in [0, 0.1) is 13.8 Å². The van der Waals surface area contributed by atoms with Crippen LogP contribution < -0.4 is 10.1 Å². The molecule has 3 heteroatoms. The molecule has 0 bridgehead atoms. The largest absolute Gasteiger partial charge is 0.494 e. The molecule has 20 heavy (non-hydrogen) atoms. The Balaban J connectivity index is 2.17. The lowest BCUT2D eigenvalue weighted by molar-refractivity contribution is 0.102. The molecule has 0 atom stereocenters. The van der Waals surface area contributed by atoms with E-state index in [-0.39, 0.29) is 5.91 Å². The number of amides is 1. The lowest BCUT2D eigenvalue weighted by atomic mass is 10.1. The molecular weight excluding hydrogens is 250 g/mol. The molecule has 0 radical (unpaired) electrons. The number of rotatable bonds is 4. The monoisotopic (exact) mass is 269 g/mol. The van der Waals surface area contributed by atoms with Gasteiger partial charge < -0.3 is 10.1 Å². The fraction of sp³-hybridized carbons (Fsp3) is 0.235. The highest BCUT2D eigenvalue weighted by Gasteiger charge is 2.07. The summed E-state index contributed by atoms with van der Waals surface area (Å²) in [5.41, 5.74) is 3.66. The third kappa shape index (κ3) is 3.60. The van der Waals surface area contributed by atoms with Crippen LogP contribution >= 0.6 is 0 Å². The van der Waals surface area contributed by atoms with Crippen LogP contribution in [0.25, 0.3) is 0 Å². The van der Waals surface area contributed by atoms with Crippen molar-refractivity contribution in [2.24, 2.45) is 0 Å². The molecular formula is C17H19NO2. The fourth-order valence-electron chi connectivity index (χ4n) is 2.14. The summed E-state index contributed by atoms with van der Waals surface area (Å²) in [4.78, 5) is 12.2. The lowest BCUT2D eigenvalue weighted by Gasteiger charge is -2.09. The van der Waals surface area contributed by atoms with Gasteiger partial charge in [0, 0.05) is 11.3 Å². The molecule has 2 aromatic rings. The van der Waals surface area contributed by atoms with Crippen molar-refractivity contribution in [2.45, 2.75) is 20.8 Å². The summed E-state index contributed by atoms with van der Waals surface area (Å²) in [5.74, 6) is 0.581. The summed E-state index contributed by atoms with van der Waals surface area (Å²) in [6.45, 7) is 6.53. The summed E-state index contributed by atoms with van der Waals surface area (Å²) in [7, 11) is 0. The second-order valence-corrected chi connectivity index (χ2v) is 4.79. The minimum absolute atomic E-state index is 0.128. The highest BCUT2D eigenvalue weighted by Crippen LogP contribution is 2.17. The summed E-state index contributed by atoms with van der Waals surface area (Å²) in [6.07, 6.45) is 0. The van der Waals surface area contributed by atoms with E-state index in [1.807, 2.05) is 45.0 Å². The van der Waals surface area contributed by atoms with Gasteiger partial charge in [0.1, 0.15) is 5.75 Å². The Morgan fingerprint density at radius 1 is 1.10 bits per heavy atom. The van der Waals surface area contributed by atoms with Gasteiger partial charge in [0.2, 0.25) is 0 Å². The van der Waals surface area contributed by atoms with Gasteiger partial charge in [-0.2, -0.15) is 0 Å². The van der Waals surface area contributed by atoms with Crippen LogP contribution in [0.5, 0.6) is 5.75 Å². The van der Waals surface area contributed by atoms with Gasteiger partial charge >= 0.3 is 0 Å². The number of nitrogens with one attached hydrogen (secondary N) is 1. The van der Waals surface area contributed by atoms with Crippen LogP contribution in [-0.4, -0.2) is 12.5 Å². The first kappa shape index (κ1) is 14.1. The molecule has 1 amide bonds. The molecule has 0 spiro atoms. The molecule has 104 valence electrons. The summed E-state index contributed by atoms with van der Waals surface area (Å²) < 4.78 is 5.41. The van der Waals surface area contributed by atoms with E-state index in [2.05, 4.69) is 11.4 Å². The van der Waals surface area contributed by atoms with Gasteiger partial charge in [0.25, 0.3) is 5.91 Å². The summed E-state index contributed by atoms with van der Waals surface area (Å²) >= 11 is 0. The third-order valence-corrected chi connectivity index (χ3v) is 2.89. The molecule has 0 unspecified atom stereocenters. The maximum absolute atomic E-state index is 12.2. The van der Waals surface area contributed by atoms with E-state index in [0.29, 0.717) is 17.9 Å². The van der Waals surface area contributed by atoms with E-state index in [0.717, 1.165) is 16.8 Å². The number of hydrogen-bond acceptors (Lipinski definition) is 2. The molecule has 0 fully saturated rings. The number of anilines is 1. The molecule has 0 aromatic heterocycles. The van der Waals surface area contributed by atoms with E-state index in [9.17, 15) is 4.79 Å². The van der Waals surface area contributed by atoms with Gasteiger partial charge in [-0.15, -0.1) is 0 Å². The first-order valence-electron chi connectivity index (χ1n) is 6.71. The second kappa shape index (κ2) is 6.24. The molecule has 0 heterocycles. The van der Waals surface area contributed by atoms with Crippen molar-refractivity contribution in [1.82, 2.24) is 0 Å². The van der Waals surface area contributed by atoms with Crippen LogP contribution in [-0.2, 0) is 0 Å². The van der Waals surface area contributed by atoms with Gasteiger partial charge in [-0.1, -0.05) is 12.1 Å². The SMILES string of the molecule is CCOc1cccc(C(=O)Nc2cc(C)cc(C)c2)c1. The van der Waals surface area contributed by atoms with Gasteiger partial charge in [-0.05, 0) is 62.2 Å². The number of ether oxygens (including phenoxy) is 1. The highest BCUT2D eigenvalue weighted by atomic mass is 16.5. The molecule has 2 rings (SSSR count). The van der Waals surface area contributed by atoms with Crippen molar-refractivity contribution in [3.05, 3.63) is 59.2 Å². The summed E-state index contributed by atoms with van der Waals surface area (Å²) in [6, 6.07) is 13.2. The average Bonchev–Trinajstić information content (AvgIpc) is 2.38. The first-order chi connectivity index (χ1) is 9.58. The predicted molar refractivity (Wildman–Crippen MR) is 81.5 cm³/mol. The van der Waals surface area contributed by atoms with E-state index < -0.39 is 0 Å². The number of carbonyl (C=O) groups excluding carboxylic acids is 1. The van der Waals surface area contributed by atoms with Gasteiger partial charge in [-0.3, -0.25) is 4.79 Å². The highest BCUT2D eigenvalue weighted by molar-refractivity contribution is 6.04. The molecule has 0 aliphatic rings. The standard InChI is InChI=1S/C17H19NO2/c1-4-20-16-7-5-6-14(11-16)17(19)18-15-9-12(2)8-13(3)10-15/h5-11H,4H2,1-3H3,(H,18,19). The Bertz CT molecular complexity index is 600. The summed E-state index contributed by atoms with van der Waals surface area (Å²) in [5, 5.41) is 2.91. The van der Waals surface area contributed by atoms with E-state index in [4.69, 9.17) is 4.74 Å². The fourth-order valence-corrected chi connectivity index (χ4v) is 2.14. The second-order valence-electron chi connectivity index (χ2n) is 4.79. The van der Waals surface area contributed by atoms with Crippen LogP contribution in [0.4, 0.5) is 5.69 Å². The molecule has 0 saturated heterocycles. The predicted octanol–water partition coefficient (Wildman–Crippen LogP) is 3.95. The van der Waals surface area contributed by atoms with E-state index in [1.165, 1.54) is 0 Å². The Morgan fingerprint density at radius 3 is 2.45 bits per heavy atom. The van der Waals surface area contributed by atoms with Gasteiger partial charge in [-0.25, -0.2) is 0 Å². The molecule has 0 aliphatic carbocycles. The molecule has 2 aromatic carbocycles. The first-order valence-corrected chi connectivity index (χ1v) is 6.71. The Kier molecular flexibility index (Phi) is 4.41. The maximum Gasteiger partial charge on any atom is 0.255 e. The van der Waals surface area contributed by atoms with Crippen molar-refractivity contribution in [3.8, 4) is 5.75 Å². The van der Waals surface area contributed by atoms with Gasteiger partial charge in [0.15, 0.2) is 0 Å². The van der Waals surface area contributed by atoms with Crippen LogP contribution in [0.2, 0.25) is 0 Å². The molecule has 1 N–H and O–H groups in total. The van der Waals surface area contributed by atoms with Crippen molar-refractivity contribution >= 4 is 11.6 Å². The molecule has 0 aliphatic heterocycles. The number of hydrogen-bond donors (Lipinski definition) is 1. The maximum atomic E-state index is 12.2. The zero-order valence-corrected chi connectivity index (χ0v) is 12.1. The molecule has 0 saturated carbocycles. The number of aryl methyl sites for hydroxylation is 2. The quantitative estimate of drug-likeness (QED) is 0.912. The number of benzene rings is 2. The topological polar surface area (TPSA) is 38.3 Å². The van der Waals surface area contributed by atoms with Crippen LogP contribution in [0.1, 0.15) is 28.4 Å². The Hall–Kier alpha value is -2.29. The minimum atomic E-state index is -0.128. The third-order valence-electron chi connectivity index (χ3n) is 2.89. The van der Waals surface area contributed by atoms with Crippen LogP contribution in [0.3, 0.4) is 0 Å². The van der Waals surface area contributed by atoms with Crippen molar-refractivity contribution in [2.75, 3.05) is 11.9 Å². The van der Waals surface area contributed by atoms with Crippen molar-refractivity contribution < 1.29 is 9.53 Å². The number of carbonyl (C=O) groups is 1. The zero-order valence-electron chi connectivity index (χ0n) is 12.1. The van der Waals surface area contributed by atoms with Crippen LogP contribution in [0.15, 0.2) is 42.5 Å². The van der Waals surface area contributed by atoms with Crippen molar-refractivity contribution in [1.29, 1.82) is 0 Å². The zero-order chi connectivity index (χ0) is 14.5. The molecule has 3 nitrogen and oxygen atoms in total.